The Kier molecular flexibility index (Phi) is 4.25. The zero-order valence-corrected chi connectivity index (χ0v) is 15.0. The molecule has 6 nitrogen and oxygen atoms in total. The van der Waals surface area contributed by atoms with Gasteiger partial charge in [0.05, 0.1) is 24.2 Å². The van der Waals surface area contributed by atoms with Crippen molar-refractivity contribution in [2.24, 2.45) is 0 Å². The van der Waals surface area contributed by atoms with E-state index in [0.29, 0.717) is 19.7 Å². The van der Waals surface area contributed by atoms with Crippen molar-refractivity contribution in [3.63, 3.8) is 0 Å². The Bertz CT molecular complexity index is 722. The normalized spacial score (nSPS) is 18.9. The van der Waals surface area contributed by atoms with Crippen LogP contribution in [0, 0.1) is 13.8 Å². The Labute approximate surface area is 142 Å². The number of amides is 1. The summed E-state index contributed by atoms with van der Waals surface area (Å²) in [5.41, 5.74) is 3.84. The predicted molar refractivity (Wildman–Crippen MR) is 92.1 cm³/mol. The molecule has 2 aromatic rings. The molecule has 1 atom stereocenters. The number of nitrogens with one attached hydrogen (secondary N) is 1. The van der Waals surface area contributed by atoms with Crippen molar-refractivity contribution < 1.29 is 14.3 Å². The second-order valence-corrected chi connectivity index (χ2v) is 7.36. The maximum absolute atomic E-state index is 12.3. The minimum absolute atomic E-state index is 0.265. The van der Waals surface area contributed by atoms with Gasteiger partial charge < -0.3 is 19.4 Å². The first kappa shape index (κ1) is 16.8. The number of fused-ring (bicyclic) bond motifs is 1. The average molecular weight is 331 g/mol. The van der Waals surface area contributed by atoms with Crippen LogP contribution in [0.1, 0.15) is 43.8 Å². The van der Waals surface area contributed by atoms with Gasteiger partial charge in [0.25, 0.3) is 0 Å². The molecular weight excluding hydrogens is 306 g/mol. The zero-order valence-electron chi connectivity index (χ0n) is 15.0. The van der Waals surface area contributed by atoms with Gasteiger partial charge in [-0.1, -0.05) is 0 Å². The molecule has 1 unspecified atom stereocenters. The van der Waals surface area contributed by atoms with E-state index < -0.39 is 5.60 Å². The zero-order chi connectivity index (χ0) is 17.5. The number of hydrogen-bond donors (Lipinski definition) is 1. The summed E-state index contributed by atoms with van der Waals surface area (Å²) in [6.07, 6.45) is -0.571. The second-order valence-electron chi connectivity index (χ2n) is 7.36. The smallest absolute Gasteiger partial charge is 0.410 e. The number of benzene rings is 1. The van der Waals surface area contributed by atoms with Gasteiger partial charge in [-0.3, -0.25) is 0 Å². The fourth-order valence-corrected chi connectivity index (χ4v) is 2.75. The summed E-state index contributed by atoms with van der Waals surface area (Å²) >= 11 is 0. The number of morpholine rings is 1. The minimum Gasteiger partial charge on any atom is -0.444 e. The summed E-state index contributed by atoms with van der Waals surface area (Å²) in [5, 5.41) is 0. The van der Waals surface area contributed by atoms with Crippen molar-refractivity contribution in [2.45, 2.75) is 46.3 Å². The van der Waals surface area contributed by atoms with Crippen molar-refractivity contribution in [1.82, 2.24) is 14.9 Å². The van der Waals surface area contributed by atoms with Crippen LogP contribution in [0.2, 0.25) is 0 Å². The third-order valence-electron chi connectivity index (χ3n) is 4.14. The molecule has 1 fully saturated rings. The van der Waals surface area contributed by atoms with Crippen LogP contribution in [0.5, 0.6) is 0 Å². The van der Waals surface area contributed by atoms with Crippen molar-refractivity contribution in [1.29, 1.82) is 0 Å². The van der Waals surface area contributed by atoms with Crippen molar-refractivity contribution in [2.75, 3.05) is 19.7 Å². The molecule has 6 heteroatoms. The highest BCUT2D eigenvalue weighted by molar-refractivity contribution is 5.77. The average Bonchev–Trinajstić information content (AvgIpc) is 2.89. The van der Waals surface area contributed by atoms with Crippen LogP contribution in [-0.2, 0) is 9.47 Å². The Morgan fingerprint density at radius 1 is 1.33 bits per heavy atom. The predicted octanol–water partition coefficient (Wildman–Crippen LogP) is 3.49. The Balaban J connectivity index is 1.78. The number of H-pyrrole nitrogens is 1. The van der Waals surface area contributed by atoms with Gasteiger partial charge in [0.2, 0.25) is 0 Å². The van der Waals surface area contributed by atoms with E-state index in [1.807, 2.05) is 20.8 Å². The molecule has 1 saturated heterocycles. The van der Waals surface area contributed by atoms with Crippen molar-refractivity contribution in [3.05, 3.63) is 29.1 Å². The lowest BCUT2D eigenvalue weighted by molar-refractivity contribution is -0.0458. The molecule has 0 radical (unpaired) electrons. The van der Waals surface area contributed by atoms with Gasteiger partial charge in [-0.25, -0.2) is 9.78 Å². The molecule has 3 rings (SSSR count). The number of aromatic nitrogens is 2. The van der Waals surface area contributed by atoms with Gasteiger partial charge in [-0.15, -0.1) is 0 Å². The first-order valence-electron chi connectivity index (χ1n) is 8.29. The van der Waals surface area contributed by atoms with Crippen molar-refractivity contribution in [3.8, 4) is 0 Å². The van der Waals surface area contributed by atoms with Crippen LogP contribution < -0.4 is 0 Å². The van der Waals surface area contributed by atoms with Crippen molar-refractivity contribution >= 4 is 17.1 Å². The van der Waals surface area contributed by atoms with E-state index in [2.05, 4.69) is 35.9 Å². The number of ether oxygens (including phenoxy) is 2. The summed E-state index contributed by atoms with van der Waals surface area (Å²) in [5.74, 6) is 0.753. The number of aromatic amines is 1. The van der Waals surface area contributed by atoms with E-state index in [0.717, 1.165) is 16.9 Å². The summed E-state index contributed by atoms with van der Waals surface area (Å²) in [6.45, 7) is 11.2. The Morgan fingerprint density at radius 3 is 2.75 bits per heavy atom. The molecule has 130 valence electrons. The lowest BCUT2D eigenvalue weighted by Gasteiger charge is -2.33. The monoisotopic (exact) mass is 331 g/mol. The SMILES string of the molecule is Cc1cc2nc(C3CN(C(=O)OC(C)(C)C)CCO3)[nH]c2cc1C. The lowest BCUT2D eigenvalue weighted by atomic mass is 10.1. The molecule has 24 heavy (non-hydrogen) atoms. The number of hydrogen-bond acceptors (Lipinski definition) is 4. The third kappa shape index (κ3) is 3.53. The topological polar surface area (TPSA) is 67.5 Å². The molecule has 0 saturated carbocycles. The van der Waals surface area contributed by atoms with Gasteiger partial charge in [0.15, 0.2) is 0 Å². The molecule has 1 aliphatic rings. The Hall–Kier alpha value is -2.08. The number of nitrogens with zero attached hydrogens (tertiary/aromatic N) is 2. The van der Waals surface area contributed by atoms with Crippen LogP contribution in [0.4, 0.5) is 4.79 Å². The molecule has 0 bridgehead atoms. The molecule has 2 heterocycles. The number of rotatable bonds is 1. The highest BCUT2D eigenvalue weighted by Gasteiger charge is 2.30. The Morgan fingerprint density at radius 2 is 2.04 bits per heavy atom. The molecule has 0 spiro atoms. The highest BCUT2D eigenvalue weighted by atomic mass is 16.6. The van der Waals surface area contributed by atoms with E-state index in [1.165, 1.54) is 11.1 Å². The van der Waals surface area contributed by atoms with E-state index >= 15 is 0 Å². The maximum atomic E-state index is 12.3. The molecule has 1 aromatic carbocycles. The molecule has 1 aromatic heterocycles. The van der Waals surface area contributed by atoms with E-state index in [1.54, 1.807) is 4.90 Å². The summed E-state index contributed by atoms with van der Waals surface area (Å²) < 4.78 is 11.3. The largest absolute Gasteiger partial charge is 0.444 e. The lowest BCUT2D eigenvalue weighted by Crippen LogP contribution is -2.44. The van der Waals surface area contributed by atoms with E-state index in [9.17, 15) is 4.79 Å². The third-order valence-corrected chi connectivity index (χ3v) is 4.14. The molecular formula is C18H25N3O3. The van der Waals surface area contributed by atoms with E-state index in [-0.39, 0.29) is 12.2 Å². The van der Waals surface area contributed by atoms with Crippen LogP contribution in [0.25, 0.3) is 11.0 Å². The summed E-state index contributed by atoms with van der Waals surface area (Å²) in [7, 11) is 0. The number of carbonyl (C=O) groups excluding carboxylic acids is 1. The summed E-state index contributed by atoms with van der Waals surface area (Å²) in [4.78, 5) is 21.9. The summed E-state index contributed by atoms with van der Waals surface area (Å²) in [6, 6.07) is 4.16. The number of aryl methyl sites for hydroxylation is 2. The highest BCUT2D eigenvalue weighted by Crippen LogP contribution is 2.25. The second kappa shape index (κ2) is 6.09. The molecule has 1 amide bonds. The van der Waals surface area contributed by atoms with E-state index in [4.69, 9.17) is 9.47 Å². The fourth-order valence-electron chi connectivity index (χ4n) is 2.75. The van der Waals surface area contributed by atoms with Crippen LogP contribution in [-0.4, -0.2) is 46.3 Å². The first-order chi connectivity index (χ1) is 11.2. The number of imidazole rings is 1. The minimum atomic E-state index is -0.501. The van der Waals surface area contributed by atoms with Gasteiger partial charge in [-0.2, -0.15) is 0 Å². The molecule has 1 N–H and O–H groups in total. The van der Waals surface area contributed by atoms with Gasteiger partial charge in [0.1, 0.15) is 17.5 Å². The first-order valence-corrected chi connectivity index (χ1v) is 8.29. The van der Waals surface area contributed by atoms with Crippen LogP contribution >= 0.6 is 0 Å². The van der Waals surface area contributed by atoms with Gasteiger partial charge in [-0.05, 0) is 57.9 Å². The maximum Gasteiger partial charge on any atom is 0.410 e. The molecule has 0 aliphatic carbocycles. The molecule has 1 aliphatic heterocycles. The quantitative estimate of drug-likeness (QED) is 0.868. The fraction of sp³-hybridized carbons (Fsp3) is 0.556. The van der Waals surface area contributed by atoms with Gasteiger partial charge >= 0.3 is 6.09 Å². The van der Waals surface area contributed by atoms with Crippen LogP contribution in [0.15, 0.2) is 12.1 Å². The standard InChI is InChI=1S/C18H25N3O3/c1-11-8-13-14(9-12(11)2)20-16(19-13)15-10-21(6-7-23-15)17(22)24-18(3,4)5/h8-9,15H,6-7,10H2,1-5H3,(H,19,20). The number of carbonyl (C=O) groups is 1. The van der Waals surface area contributed by atoms with Crippen LogP contribution in [0.3, 0.4) is 0 Å². The van der Waals surface area contributed by atoms with Gasteiger partial charge in [0, 0.05) is 6.54 Å².